The Bertz CT molecular complexity index is 996. The normalized spacial score (nSPS) is 11.1. The van der Waals surface area contributed by atoms with Crippen molar-refractivity contribution >= 4 is 16.8 Å². The summed E-state index contributed by atoms with van der Waals surface area (Å²) in [5.74, 6) is 0.546. The van der Waals surface area contributed by atoms with E-state index in [1.54, 1.807) is 7.11 Å². The number of carbonyl (C=O) groups is 1. The first-order valence-corrected chi connectivity index (χ1v) is 8.88. The summed E-state index contributed by atoms with van der Waals surface area (Å²) in [6.07, 6.45) is 0.240. The number of rotatable bonds is 6. The summed E-state index contributed by atoms with van der Waals surface area (Å²) < 4.78 is 5.49. The summed E-state index contributed by atoms with van der Waals surface area (Å²) in [6, 6.07) is 14.1. The molecule has 0 radical (unpaired) electrons. The first kappa shape index (κ1) is 18.9. The number of nitrogens with zero attached hydrogens (tertiary/aromatic N) is 2. The molecule has 1 heterocycles. The van der Waals surface area contributed by atoms with Gasteiger partial charge >= 0.3 is 0 Å². The van der Waals surface area contributed by atoms with Crippen LogP contribution in [0.3, 0.4) is 0 Å². The third kappa shape index (κ3) is 4.26. The molecule has 1 aromatic heterocycles. The Morgan fingerprint density at radius 2 is 1.93 bits per heavy atom. The van der Waals surface area contributed by atoms with E-state index in [-0.39, 0.29) is 12.3 Å². The van der Waals surface area contributed by atoms with E-state index in [0.717, 1.165) is 51.1 Å². The molecule has 0 saturated heterocycles. The fraction of sp³-hybridized carbons (Fsp3) is 0.273. The molecule has 0 aliphatic carbocycles. The summed E-state index contributed by atoms with van der Waals surface area (Å²) in [6.45, 7) is 2.85. The van der Waals surface area contributed by atoms with Gasteiger partial charge in [-0.15, -0.1) is 0 Å². The zero-order valence-corrected chi connectivity index (χ0v) is 16.2. The molecule has 3 rings (SSSR count). The van der Waals surface area contributed by atoms with Gasteiger partial charge in [0.2, 0.25) is 5.91 Å². The van der Waals surface area contributed by atoms with E-state index in [4.69, 9.17) is 15.5 Å². The number of benzene rings is 2. The van der Waals surface area contributed by atoms with Crippen LogP contribution in [0.4, 0.5) is 0 Å². The van der Waals surface area contributed by atoms with E-state index in [1.165, 1.54) is 0 Å². The smallest absolute Gasteiger partial charge is 0.221 e. The second-order valence-corrected chi connectivity index (χ2v) is 7.08. The van der Waals surface area contributed by atoms with Gasteiger partial charge in [-0.25, -0.2) is 4.98 Å². The van der Waals surface area contributed by atoms with Crippen LogP contribution in [0, 0.1) is 6.92 Å². The molecule has 3 aromatic rings. The highest BCUT2D eigenvalue weighted by Gasteiger charge is 2.11. The maximum Gasteiger partial charge on any atom is 0.221 e. The zero-order chi connectivity index (χ0) is 19.6. The molecule has 0 atom stereocenters. The fourth-order valence-electron chi connectivity index (χ4n) is 3.30. The van der Waals surface area contributed by atoms with Crippen LogP contribution in [0.5, 0.6) is 5.75 Å². The van der Waals surface area contributed by atoms with E-state index in [0.29, 0.717) is 0 Å². The van der Waals surface area contributed by atoms with Gasteiger partial charge in [0.25, 0.3) is 0 Å². The van der Waals surface area contributed by atoms with Crippen LogP contribution in [-0.4, -0.2) is 37.0 Å². The van der Waals surface area contributed by atoms with Gasteiger partial charge in [-0.2, -0.15) is 0 Å². The molecule has 2 aromatic carbocycles. The number of fused-ring (bicyclic) bond motifs is 1. The minimum absolute atomic E-state index is 0.240. The number of nitrogens with two attached hydrogens (primary N) is 1. The van der Waals surface area contributed by atoms with Crippen molar-refractivity contribution in [1.29, 1.82) is 0 Å². The van der Waals surface area contributed by atoms with Crippen molar-refractivity contribution in [3.8, 4) is 17.0 Å². The molecule has 140 valence electrons. The number of carbonyl (C=O) groups excluding carboxylic acids is 1. The number of hydrogen-bond acceptors (Lipinski definition) is 4. The van der Waals surface area contributed by atoms with Crippen LogP contribution >= 0.6 is 0 Å². The summed E-state index contributed by atoms with van der Waals surface area (Å²) in [4.78, 5) is 18.1. The lowest BCUT2D eigenvalue weighted by Gasteiger charge is -2.15. The molecule has 5 nitrogen and oxygen atoms in total. The van der Waals surface area contributed by atoms with Crippen molar-refractivity contribution in [3.63, 3.8) is 0 Å². The van der Waals surface area contributed by atoms with Crippen LogP contribution in [0.1, 0.15) is 16.7 Å². The SMILES string of the molecule is COc1ccc(-c2cc(C)c3cc(CC(N)=O)ccc3n2)cc1CN(C)C. The van der Waals surface area contributed by atoms with Gasteiger partial charge in [0.05, 0.1) is 24.7 Å². The zero-order valence-electron chi connectivity index (χ0n) is 16.2. The standard InChI is InChI=1S/C22H25N3O2/c1-14-9-20(16-6-8-21(27-4)17(12-16)13-25(2)3)24-19-7-5-15(10-18(14)19)11-22(23)26/h5-10,12H,11,13H2,1-4H3,(H2,23,26). The third-order valence-electron chi connectivity index (χ3n) is 4.52. The lowest BCUT2D eigenvalue weighted by atomic mass is 10.0. The number of pyridine rings is 1. The number of amides is 1. The highest BCUT2D eigenvalue weighted by Crippen LogP contribution is 2.29. The lowest BCUT2D eigenvalue weighted by molar-refractivity contribution is -0.117. The first-order valence-electron chi connectivity index (χ1n) is 8.88. The molecule has 5 heteroatoms. The molecule has 2 N–H and O–H groups in total. The van der Waals surface area contributed by atoms with Gasteiger partial charge in [0.1, 0.15) is 5.75 Å². The second-order valence-electron chi connectivity index (χ2n) is 7.08. The number of methoxy groups -OCH3 is 1. The molecular formula is C22H25N3O2. The van der Waals surface area contributed by atoms with E-state index in [2.05, 4.69) is 24.0 Å². The minimum Gasteiger partial charge on any atom is -0.496 e. The Labute approximate surface area is 159 Å². The molecule has 0 fully saturated rings. The quantitative estimate of drug-likeness (QED) is 0.729. The number of primary amides is 1. The van der Waals surface area contributed by atoms with Crippen molar-refractivity contribution in [1.82, 2.24) is 9.88 Å². The Morgan fingerprint density at radius 1 is 1.15 bits per heavy atom. The average Bonchev–Trinajstić information content (AvgIpc) is 2.61. The van der Waals surface area contributed by atoms with Crippen molar-refractivity contribution < 1.29 is 9.53 Å². The van der Waals surface area contributed by atoms with Crippen molar-refractivity contribution in [3.05, 3.63) is 59.2 Å². The predicted molar refractivity (Wildman–Crippen MR) is 109 cm³/mol. The molecule has 0 spiro atoms. The molecule has 1 amide bonds. The molecule has 0 aliphatic heterocycles. The maximum absolute atomic E-state index is 11.2. The van der Waals surface area contributed by atoms with Gasteiger partial charge < -0.3 is 15.4 Å². The number of ether oxygens (including phenoxy) is 1. The summed E-state index contributed by atoms with van der Waals surface area (Å²) in [5.41, 5.74) is 11.3. The maximum atomic E-state index is 11.2. The highest BCUT2D eigenvalue weighted by atomic mass is 16.5. The third-order valence-corrected chi connectivity index (χ3v) is 4.52. The van der Waals surface area contributed by atoms with Crippen LogP contribution < -0.4 is 10.5 Å². The van der Waals surface area contributed by atoms with Crippen LogP contribution in [0.2, 0.25) is 0 Å². The number of aromatic nitrogens is 1. The topological polar surface area (TPSA) is 68.5 Å². The number of hydrogen-bond donors (Lipinski definition) is 1. The lowest BCUT2D eigenvalue weighted by Crippen LogP contribution is -2.13. The van der Waals surface area contributed by atoms with Crippen LogP contribution in [0.25, 0.3) is 22.2 Å². The van der Waals surface area contributed by atoms with Gasteiger partial charge in [-0.1, -0.05) is 6.07 Å². The van der Waals surface area contributed by atoms with Gasteiger partial charge in [-0.05, 0) is 68.5 Å². The van der Waals surface area contributed by atoms with Crippen LogP contribution in [-0.2, 0) is 17.8 Å². The Balaban J connectivity index is 2.05. The highest BCUT2D eigenvalue weighted by molar-refractivity contribution is 5.87. The Kier molecular flexibility index (Phi) is 5.42. The van der Waals surface area contributed by atoms with Gasteiger partial charge in [-0.3, -0.25) is 4.79 Å². The largest absolute Gasteiger partial charge is 0.496 e. The second kappa shape index (κ2) is 7.76. The Hall–Kier alpha value is -2.92. The molecule has 0 bridgehead atoms. The van der Waals surface area contributed by atoms with Crippen molar-refractivity contribution in [2.75, 3.05) is 21.2 Å². The van der Waals surface area contributed by atoms with E-state index in [1.807, 2.05) is 44.4 Å². The van der Waals surface area contributed by atoms with Crippen molar-refractivity contribution in [2.45, 2.75) is 19.9 Å². The number of aryl methyl sites for hydroxylation is 1. The molecule has 0 aliphatic rings. The molecule has 0 unspecified atom stereocenters. The van der Waals surface area contributed by atoms with Gasteiger partial charge in [0, 0.05) is 23.1 Å². The first-order chi connectivity index (χ1) is 12.9. The monoisotopic (exact) mass is 363 g/mol. The summed E-state index contributed by atoms with van der Waals surface area (Å²) in [5, 5.41) is 1.04. The predicted octanol–water partition coefficient (Wildman–Crippen LogP) is 3.31. The molecule has 27 heavy (non-hydrogen) atoms. The summed E-state index contributed by atoms with van der Waals surface area (Å²) >= 11 is 0. The molecule has 0 saturated carbocycles. The van der Waals surface area contributed by atoms with Crippen molar-refractivity contribution in [2.24, 2.45) is 5.73 Å². The minimum atomic E-state index is -0.330. The van der Waals surface area contributed by atoms with E-state index in [9.17, 15) is 4.79 Å². The molecular weight excluding hydrogens is 338 g/mol. The van der Waals surface area contributed by atoms with Gasteiger partial charge in [0.15, 0.2) is 0 Å². The van der Waals surface area contributed by atoms with E-state index < -0.39 is 0 Å². The summed E-state index contributed by atoms with van der Waals surface area (Å²) in [7, 11) is 5.76. The Morgan fingerprint density at radius 3 is 2.59 bits per heavy atom. The fourth-order valence-corrected chi connectivity index (χ4v) is 3.30. The van der Waals surface area contributed by atoms with E-state index >= 15 is 0 Å². The average molecular weight is 363 g/mol. The van der Waals surface area contributed by atoms with Crippen LogP contribution in [0.15, 0.2) is 42.5 Å².